The van der Waals surface area contributed by atoms with Crippen LogP contribution in [-0.4, -0.2) is 20.0 Å². The second-order valence-corrected chi connectivity index (χ2v) is 3.94. The fourth-order valence-electron chi connectivity index (χ4n) is 1.71. The molecular formula is C15H13FO3. The molecule has 0 heterocycles. The van der Waals surface area contributed by atoms with Crippen molar-refractivity contribution >= 4 is 5.78 Å². The number of rotatable bonds is 4. The van der Waals surface area contributed by atoms with Gasteiger partial charge in [0.15, 0.2) is 5.78 Å². The van der Waals surface area contributed by atoms with E-state index in [9.17, 15) is 9.18 Å². The summed E-state index contributed by atoms with van der Waals surface area (Å²) in [5, 5.41) is 0. The molecule has 0 saturated heterocycles. The minimum absolute atomic E-state index is 0.211. The summed E-state index contributed by atoms with van der Waals surface area (Å²) in [6.45, 7) is 0. The van der Waals surface area contributed by atoms with Crippen molar-refractivity contribution in [3.05, 3.63) is 59.4 Å². The van der Waals surface area contributed by atoms with Gasteiger partial charge in [-0.2, -0.15) is 0 Å². The molecule has 4 heteroatoms. The maximum Gasteiger partial charge on any atom is 0.193 e. The SMILES string of the molecule is COc1cc(OC)cc(C(=O)c2ccc(F)cc2)c1. The van der Waals surface area contributed by atoms with Gasteiger partial charge < -0.3 is 9.47 Å². The summed E-state index contributed by atoms with van der Waals surface area (Å²) in [6, 6.07) is 10.3. The van der Waals surface area contributed by atoms with Crippen LogP contribution >= 0.6 is 0 Å². The Balaban J connectivity index is 2.40. The molecule has 0 aliphatic rings. The number of benzene rings is 2. The van der Waals surface area contributed by atoms with E-state index in [0.29, 0.717) is 22.6 Å². The molecule has 19 heavy (non-hydrogen) atoms. The van der Waals surface area contributed by atoms with E-state index in [0.717, 1.165) is 0 Å². The minimum Gasteiger partial charge on any atom is -0.497 e. The number of ether oxygens (including phenoxy) is 2. The zero-order valence-electron chi connectivity index (χ0n) is 10.6. The fraction of sp³-hybridized carbons (Fsp3) is 0.133. The van der Waals surface area contributed by atoms with Gasteiger partial charge in [0.1, 0.15) is 17.3 Å². The third kappa shape index (κ3) is 2.91. The summed E-state index contributed by atoms with van der Waals surface area (Å²) in [5.41, 5.74) is 0.847. The highest BCUT2D eigenvalue weighted by Gasteiger charge is 2.12. The summed E-state index contributed by atoms with van der Waals surface area (Å²) in [7, 11) is 3.03. The van der Waals surface area contributed by atoms with Crippen LogP contribution in [0.1, 0.15) is 15.9 Å². The Morgan fingerprint density at radius 1 is 0.895 bits per heavy atom. The normalized spacial score (nSPS) is 10.1. The van der Waals surface area contributed by atoms with Crippen molar-refractivity contribution in [3.63, 3.8) is 0 Å². The van der Waals surface area contributed by atoms with Gasteiger partial charge in [0, 0.05) is 17.2 Å². The largest absolute Gasteiger partial charge is 0.497 e. The fourth-order valence-corrected chi connectivity index (χ4v) is 1.71. The number of ketones is 1. The lowest BCUT2D eigenvalue weighted by Gasteiger charge is -2.08. The van der Waals surface area contributed by atoms with Crippen molar-refractivity contribution in [1.82, 2.24) is 0 Å². The zero-order chi connectivity index (χ0) is 13.8. The van der Waals surface area contributed by atoms with Crippen molar-refractivity contribution in [2.24, 2.45) is 0 Å². The van der Waals surface area contributed by atoms with Gasteiger partial charge in [-0.05, 0) is 36.4 Å². The van der Waals surface area contributed by atoms with Gasteiger partial charge >= 0.3 is 0 Å². The summed E-state index contributed by atoms with van der Waals surface area (Å²) in [4.78, 5) is 12.3. The lowest BCUT2D eigenvalue weighted by Crippen LogP contribution is -2.02. The van der Waals surface area contributed by atoms with Crippen LogP contribution in [0.5, 0.6) is 11.5 Å². The summed E-state index contributed by atoms with van der Waals surface area (Å²) in [5.74, 6) is 0.478. The molecule has 0 aliphatic carbocycles. The topological polar surface area (TPSA) is 35.5 Å². The Labute approximate surface area is 110 Å². The molecule has 0 atom stereocenters. The molecule has 0 bridgehead atoms. The molecule has 2 rings (SSSR count). The van der Waals surface area contributed by atoms with Gasteiger partial charge in [-0.1, -0.05) is 0 Å². The summed E-state index contributed by atoms with van der Waals surface area (Å²) in [6.07, 6.45) is 0. The summed E-state index contributed by atoms with van der Waals surface area (Å²) < 4.78 is 23.1. The number of hydrogen-bond acceptors (Lipinski definition) is 3. The van der Waals surface area contributed by atoms with Crippen molar-refractivity contribution in [3.8, 4) is 11.5 Å². The lowest BCUT2D eigenvalue weighted by molar-refractivity contribution is 0.103. The van der Waals surface area contributed by atoms with E-state index < -0.39 is 0 Å². The molecule has 0 unspecified atom stereocenters. The molecule has 98 valence electrons. The van der Waals surface area contributed by atoms with Crippen LogP contribution in [0.25, 0.3) is 0 Å². The van der Waals surface area contributed by atoms with Gasteiger partial charge in [-0.15, -0.1) is 0 Å². The smallest absolute Gasteiger partial charge is 0.193 e. The molecule has 0 amide bonds. The predicted octanol–water partition coefficient (Wildman–Crippen LogP) is 3.07. The summed E-state index contributed by atoms with van der Waals surface area (Å²) >= 11 is 0. The monoisotopic (exact) mass is 260 g/mol. The van der Waals surface area contributed by atoms with Crippen LogP contribution in [0, 0.1) is 5.82 Å². The van der Waals surface area contributed by atoms with Gasteiger partial charge in [-0.25, -0.2) is 4.39 Å². The molecule has 3 nitrogen and oxygen atoms in total. The highest BCUT2D eigenvalue weighted by molar-refractivity contribution is 6.09. The third-order valence-corrected chi connectivity index (χ3v) is 2.72. The molecule has 2 aromatic rings. The van der Waals surface area contributed by atoms with Crippen LogP contribution in [0.3, 0.4) is 0 Å². The average Bonchev–Trinajstić information content (AvgIpc) is 2.46. The standard InChI is InChI=1S/C15H13FO3/c1-18-13-7-11(8-14(9-13)19-2)15(17)10-3-5-12(16)6-4-10/h3-9H,1-2H3. The van der Waals surface area contributed by atoms with Crippen molar-refractivity contribution in [2.45, 2.75) is 0 Å². The molecule has 2 aromatic carbocycles. The first-order chi connectivity index (χ1) is 9.13. The van der Waals surface area contributed by atoms with Gasteiger partial charge in [0.2, 0.25) is 0 Å². The number of hydrogen-bond donors (Lipinski definition) is 0. The first-order valence-electron chi connectivity index (χ1n) is 5.67. The first-order valence-corrected chi connectivity index (χ1v) is 5.67. The molecule has 0 aliphatic heterocycles. The highest BCUT2D eigenvalue weighted by atomic mass is 19.1. The maximum absolute atomic E-state index is 12.8. The Morgan fingerprint density at radius 2 is 1.42 bits per heavy atom. The molecule has 0 aromatic heterocycles. The minimum atomic E-state index is -0.375. The number of halogens is 1. The Hall–Kier alpha value is -2.36. The Kier molecular flexibility index (Phi) is 3.80. The molecule has 0 N–H and O–H groups in total. The van der Waals surface area contributed by atoms with Crippen LogP contribution in [-0.2, 0) is 0 Å². The average molecular weight is 260 g/mol. The second-order valence-electron chi connectivity index (χ2n) is 3.94. The van der Waals surface area contributed by atoms with Crippen LogP contribution in [0.4, 0.5) is 4.39 Å². The van der Waals surface area contributed by atoms with Crippen molar-refractivity contribution in [1.29, 1.82) is 0 Å². The van der Waals surface area contributed by atoms with E-state index in [4.69, 9.17) is 9.47 Å². The van der Waals surface area contributed by atoms with Gasteiger partial charge in [-0.3, -0.25) is 4.79 Å². The van der Waals surface area contributed by atoms with E-state index in [1.165, 1.54) is 38.5 Å². The maximum atomic E-state index is 12.8. The van der Waals surface area contributed by atoms with E-state index in [1.807, 2.05) is 0 Å². The number of methoxy groups -OCH3 is 2. The van der Waals surface area contributed by atoms with Crippen molar-refractivity contribution < 1.29 is 18.7 Å². The number of carbonyl (C=O) groups excluding carboxylic acids is 1. The highest BCUT2D eigenvalue weighted by Crippen LogP contribution is 2.24. The predicted molar refractivity (Wildman–Crippen MR) is 69.4 cm³/mol. The Morgan fingerprint density at radius 3 is 1.89 bits per heavy atom. The quantitative estimate of drug-likeness (QED) is 0.792. The first kappa shape index (κ1) is 13.1. The van der Waals surface area contributed by atoms with Crippen molar-refractivity contribution in [2.75, 3.05) is 14.2 Å². The second kappa shape index (κ2) is 5.52. The molecule has 0 spiro atoms. The van der Waals surface area contributed by atoms with Gasteiger partial charge in [0.25, 0.3) is 0 Å². The molecule has 0 saturated carbocycles. The molecule has 0 radical (unpaired) electrons. The number of carbonyl (C=O) groups is 1. The van der Waals surface area contributed by atoms with E-state index in [2.05, 4.69) is 0 Å². The Bertz CT molecular complexity index is 569. The van der Waals surface area contributed by atoms with Crippen LogP contribution in [0.2, 0.25) is 0 Å². The molecular weight excluding hydrogens is 247 g/mol. The lowest BCUT2D eigenvalue weighted by atomic mass is 10.0. The van der Waals surface area contributed by atoms with Crippen LogP contribution in [0.15, 0.2) is 42.5 Å². The molecule has 0 fully saturated rings. The van der Waals surface area contributed by atoms with Gasteiger partial charge in [0.05, 0.1) is 14.2 Å². The van der Waals surface area contributed by atoms with E-state index in [1.54, 1.807) is 18.2 Å². The third-order valence-electron chi connectivity index (χ3n) is 2.72. The van der Waals surface area contributed by atoms with Crippen LogP contribution < -0.4 is 9.47 Å². The van der Waals surface area contributed by atoms with E-state index >= 15 is 0 Å². The van der Waals surface area contributed by atoms with E-state index in [-0.39, 0.29) is 11.6 Å². The zero-order valence-corrected chi connectivity index (χ0v) is 10.6.